The van der Waals surface area contributed by atoms with Gasteiger partial charge in [-0.25, -0.2) is 0 Å². The van der Waals surface area contributed by atoms with Gasteiger partial charge in [0.05, 0.1) is 11.2 Å². The molecule has 0 saturated heterocycles. The van der Waals surface area contributed by atoms with E-state index in [4.69, 9.17) is 0 Å². The Labute approximate surface area is 109 Å². The quantitative estimate of drug-likeness (QED) is 0.869. The van der Waals surface area contributed by atoms with Crippen molar-refractivity contribution in [3.05, 3.63) is 29.0 Å². The van der Waals surface area contributed by atoms with Crippen LogP contribution in [0.4, 0.5) is 5.69 Å². The third-order valence-electron chi connectivity index (χ3n) is 3.16. The first kappa shape index (κ1) is 11.0. The molecule has 1 fully saturated rings. The van der Waals surface area contributed by atoms with Crippen LogP contribution in [0.2, 0.25) is 0 Å². The third-order valence-corrected chi connectivity index (χ3v) is 3.60. The van der Waals surface area contributed by atoms with Crippen molar-refractivity contribution in [2.45, 2.75) is 12.8 Å². The van der Waals surface area contributed by atoms with Crippen molar-refractivity contribution in [3.63, 3.8) is 0 Å². The van der Waals surface area contributed by atoms with Crippen molar-refractivity contribution in [2.75, 3.05) is 18.5 Å². The highest BCUT2D eigenvalue weighted by molar-refractivity contribution is 9.10. The van der Waals surface area contributed by atoms with E-state index in [-0.39, 0.29) is 0 Å². The molecule has 3 rings (SSSR count). The molecule has 0 spiro atoms. The number of nitrogens with zero attached hydrogens (tertiary/aromatic N) is 3. The number of aromatic nitrogens is 2. The lowest BCUT2D eigenvalue weighted by Gasteiger charge is -2.20. The number of anilines is 1. The zero-order valence-corrected chi connectivity index (χ0v) is 11.3. The van der Waals surface area contributed by atoms with Gasteiger partial charge in [-0.3, -0.25) is 9.97 Å². The Hall–Kier alpha value is -1.16. The van der Waals surface area contributed by atoms with Crippen LogP contribution < -0.4 is 4.90 Å². The first-order valence-corrected chi connectivity index (χ1v) is 6.65. The maximum absolute atomic E-state index is 4.48. The Morgan fingerprint density at radius 3 is 3.00 bits per heavy atom. The van der Waals surface area contributed by atoms with Gasteiger partial charge in [0.15, 0.2) is 0 Å². The maximum atomic E-state index is 4.48. The minimum absolute atomic E-state index is 0.874. The molecule has 3 nitrogen and oxygen atoms in total. The highest BCUT2D eigenvalue weighted by Crippen LogP contribution is 2.32. The lowest BCUT2D eigenvalue weighted by atomic mass is 10.2. The highest BCUT2D eigenvalue weighted by atomic mass is 79.9. The summed E-state index contributed by atoms with van der Waals surface area (Å²) in [5.74, 6) is 0.874. The molecule has 17 heavy (non-hydrogen) atoms. The molecular weight excluding hydrogens is 278 g/mol. The summed E-state index contributed by atoms with van der Waals surface area (Å²) >= 11 is 3.43. The van der Waals surface area contributed by atoms with E-state index in [9.17, 15) is 0 Å². The number of pyridine rings is 2. The van der Waals surface area contributed by atoms with Gasteiger partial charge in [0.2, 0.25) is 0 Å². The van der Waals surface area contributed by atoms with Crippen molar-refractivity contribution in [1.29, 1.82) is 0 Å². The molecular formula is C13H14BrN3. The van der Waals surface area contributed by atoms with Gasteiger partial charge < -0.3 is 4.90 Å². The van der Waals surface area contributed by atoms with Crippen LogP contribution in [0.25, 0.3) is 11.0 Å². The molecule has 2 aromatic rings. The molecule has 0 aliphatic heterocycles. The highest BCUT2D eigenvalue weighted by Gasteiger charge is 2.23. The predicted molar refractivity (Wildman–Crippen MR) is 73.2 cm³/mol. The van der Waals surface area contributed by atoms with Gasteiger partial charge >= 0.3 is 0 Å². The molecule has 4 heteroatoms. The molecule has 0 unspecified atom stereocenters. The minimum atomic E-state index is 0.874. The molecule has 1 aliphatic rings. The largest absolute Gasteiger partial charge is 0.372 e. The standard InChI is InChI=1S/C13H14BrN3/c1-17(8-9-2-3-9)12-4-5-15-11-6-10(14)7-16-13(11)12/h4-7,9H,2-3,8H2,1H3. The lowest BCUT2D eigenvalue weighted by molar-refractivity contribution is 0.788. The summed E-state index contributed by atoms with van der Waals surface area (Å²) in [6.07, 6.45) is 6.42. The second-order valence-electron chi connectivity index (χ2n) is 4.68. The van der Waals surface area contributed by atoms with Crippen LogP contribution in [0.5, 0.6) is 0 Å². The molecule has 1 saturated carbocycles. The van der Waals surface area contributed by atoms with Crippen LogP contribution in [0.15, 0.2) is 29.0 Å². The molecule has 88 valence electrons. The summed E-state index contributed by atoms with van der Waals surface area (Å²) in [4.78, 5) is 11.1. The first-order chi connectivity index (χ1) is 8.24. The normalized spacial score (nSPS) is 15.2. The molecule has 0 amide bonds. The van der Waals surface area contributed by atoms with Crippen molar-refractivity contribution < 1.29 is 0 Å². The molecule has 0 aromatic carbocycles. The van der Waals surface area contributed by atoms with E-state index in [1.54, 1.807) is 0 Å². The van der Waals surface area contributed by atoms with Gasteiger partial charge in [0.25, 0.3) is 0 Å². The fourth-order valence-electron chi connectivity index (χ4n) is 2.09. The minimum Gasteiger partial charge on any atom is -0.372 e. The summed E-state index contributed by atoms with van der Waals surface area (Å²) in [6.45, 7) is 1.12. The molecule has 0 N–H and O–H groups in total. The molecule has 0 atom stereocenters. The zero-order valence-electron chi connectivity index (χ0n) is 9.73. The predicted octanol–water partition coefficient (Wildman–Crippen LogP) is 3.24. The van der Waals surface area contributed by atoms with E-state index in [1.807, 2.05) is 24.5 Å². The van der Waals surface area contributed by atoms with E-state index < -0.39 is 0 Å². The second kappa shape index (κ2) is 4.26. The fourth-order valence-corrected chi connectivity index (χ4v) is 2.40. The smallest absolute Gasteiger partial charge is 0.112 e. The SMILES string of the molecule is CN(CC1CC1)c1ccnc2cc(Br)cnc12. The van der Waals surface area contributed by atoms with Crippen molar-refractivity contribution in [3.8, 4) is 0 Å². The molecule has 2 aromatic heterocycles. The average molecular weight is 292 g/mol. The molecule has 0 bridgehead atoms. The monoisotopic (exact) mass is 291 g/mol. The summed E-state index contributed by atoms with van der Waals surface area (Å²) in [7, 11) is 2.14. The molecule has 1 aliphatic carbocycles. The van der Waals surface area contributed by atoms with Crippen molar-refractivity contribution in [1.82, 2.24) is 9.97 Å². The maximum Gasteiger partial charge on any atom is 0.112 e. The van der Waals surface area contributed by atoms with Crippen LogP contribution in [-0.4, -0.2) is 23.6 Å². The first-order valence-electron chi connectivity index (χ1n) is 5.85. The summed E-state index contributed by atoms with van der Waals surface area (Å²) < 4.78 is 0.972. The van der Waals surface area contributed by atoms with Crippen LogP contribution in [0.3, 0.4) is 0 Å². The van der Waals surface area contributed by atoms with E-state index in [0.717, 1.165) is 28.0 Å². The number of halogens is 1. The summed E-state index contributed by atoms with van der Waals surface area (Å²) in [5.41, 5.74) is 3.10. The van der Waals surface area contributed by atoms with Crippen LogP contribution >= 0.6 is 15.9 Å². The van der Waals surface area contributed by atoms with Crippen LogP contribution in [0.1, 0.15) is 12.8 Å². The van der Waals surface area contributed by atoms with Crippen molar-refractivity contribution >= 4 is 32.7 Å². The lowest BCUT2D eigenvalue weighted by Crippen LogP contribution is -2.20. The van der Waals surface area contributed by atoms with E-state index in [2.05, 4.69) is 37.8 Å². The molecule has 2 heterocycles. The van der Waals surface area contributed by atoms with Crippen LogP contribution in [-0.2, 0) is 0 Å². The zero-order chi connectivity index (χ0) is 11.8. The Balaban J connectivity index is 2.02. The third kappa shape index (κ3) is 2.27. The van der Waals surface area contributed by atoms with Crippen molar-refractivity contribution in [2.24, 2.45) is 5.92 Å². The average Bonchev–Trinajstić information content (AvgIpc) is 3.11. The number of hydrogen-bond donors (Lipinski definition) is 0. The summed E-state index contributed by atoms with van der Waals surface area (Å²) in [5, 5.41) is 0. The van der Waals surface area contributed by atoms with Gasteiger partial charge in [-0.1, -0.05) is 0 Å². The summed E-state index contributed by atoms with van der Waals surface area (Å²) in [6, 6.07) is 4.06. The number of hydrogen-bond acceptors (Lipinski definition) is 3. The second-order valence-corrected chi connectivity index (χ2v) is 5.59. The number of rotatable bonds is 3. The van der Waals surface area contributed by atoms with E-state index in [0.29, 0.717) is 0 Å². The topological polar surface area (TPSA) is 29.0 Å². The fraction of sp³-hybridized carbons (Fsp3) is 0.385. The van der Waals surface area contributed by atoms with Gasteiger partial charge in [-0.15, -0.1) is 0 Å². The Morgan fingerprint density at radius 1 is 1.41 bits per heavy atom. The van der Waals surface area contributed by atoms with Crippen LogP contribution in [0, 0.1) is 5.92 Å². The van der Waals surface area contributed by atoms with E-state index >= 15 is 0 Å². The Morgan fingerprint density at radius 2 is 2.24 bits per heavy atom. The van der Waals surface area contributed by atoms with E-state index in [1.165, 1.54) is 18.5 Å². The van der Waals surface area contributed by atoms with Gasteiger partial charge in [0.1, 0.15) is 5.52 Å². The van der Waals surface area contributed by atoms with Gasteiger partial charge in [-0.2, -0.15) is 0 Å². The molecule has 0 radical (unpaired) electrons. The van der Waals surface area contributed by atoms with Gasteiger partial charge in [0, 0.05) is 30.5 Å². The Kier molecular flexibility index (Phi) is 2.74. The Bertz CT molecular complexity index is 551. The van der Waals surface area contributed by atoms with Gasteiger partial charge in [-0.05, 0) is 46.8 Å². The number of fused-ring (bicyclic) bond motifs is 1.